The summed E-state index contributed by atoms with van der Waals surface area (Å²) < 4.78 is 5.83. The summed E-state index contributed by atoms with van der Waals surface area (Å²) in [6.07, 6.45) is 1.20. The Hall–Kier alpha value is -0.890. The highest BCUT2D eigenvalue weighted by molar-refractivity contribution is 6.32. The van der Waals surface area contributed by atoms with Gasteiger partial charge >= 0.3 is 0 Å². The molecule has 0 aliphatic carbocycles. The summed E-state index contributed by atoms with van der Waals surface area (Å²) in [7, 11) is 0. The summed E-state index contributed by atoms with van der Waals surface area (Å²) in [6, 6.07) is 6.11. The Bertz CT molecular complexity index is 340. The van der Waals surface area contributed by atoms with E-state index in [1.807, 2.05) is 18.2 Å². The number of ether oxygens (including phenoxy) is 1. The summed E-state index contributed by atoms with van der Waals surface area (Å²) in [5.74, 6) is 0.791. The maximum Gasteiger partial charge on any atom is 0.161 e. The predicted octanol–water partition coefficient (Wildman–Crippen LogP) is 3.31. The van der Waals surface area contributed by atoms with Crippen LogP contribution in [0.2, 0.25) is 5.02 Å². The van der Waals surface area contributed by atoms with E-state index in [-0.39, 0.29) is 6.10 Å². The Morgan fingerprint density at radius 3 is 3.00 bits per heavy atom. The first-order chi connectivity index (χ1) is 6.72. The lowest BCUT2D eigenvalue weighted by molar-refractivity contribution is 0.170. The van der Waals surface area contributed by atoms with Crippen molar-refractivity contribution in [3.05, 3.63) is 23.2 Å². The van der Waals surface area contributed by atoms with E-state index in [4.69, 9.17) is 16.3 Å². The lowest BCUT2D eigenvalue weighted by atomic mass is 10.1. The molecule has 2 nitrogen and oxygen atoms in total. The van der Waals surface area contributed by atoms with E-state index < -0.39 is 0 Å². The summed E-state index contributed by atoms with van der Waals surface area (Å²) in [5, 5.41) is 4.07. The molecule has 0 spiro atoms. The molecule has 0 saturated carbocycles. The molecule has 0 fully saturated rings. The molecule has 3 heteroatoms. The first-order valence-electron chi connectivity index (χ1n) is 4.94. The number of fused-ring (bicyclic) bond motifs is 1. The van der Waals surface area contributed by atoms with Crippen LogP contribution in [0.1, 0.15) is 20.3 Å². The molecule has 1 heterocycles. The minimum Gasteiger partial charge on any atom is -0.485 e. The van der Waals surface area contributed by atoms with Crippen molar-refractivity contribution < 1.29 is 4.74 Å². The lowest BCUT2D eigenvalue weighted by Crippen LogP contribution is -2.38. The number of rotatable bonds is 1. The van der Waals surface area contributed by atoms with Crippen molar-refractivity contribution in [3.8, 4) is 5.75 Å². The monoisotopic (exact) mass is 211 g/mol. The molecule has 0 saturated heterocycles. The van der Waals surface area contributed by atoms with E-state index in [1.165, 1.54) is 0 Å². The predicted molar refractivity (Wildman–Crippen MR) is 59.2 cm³/mol. The lowest BCUT2D eigenvalue weighted by Gasteiger charge is -2.32. The summed E-state index contributed by atoms with van der Waals surface area (Å²) in [6.45, 7) is 4.24. The second kappa shape index (κ2) is 3.70. The number of hydrogen-bond donors (Lipinski definition) is 1. The highest BCUT2D eigenvalue weighted by Gasteiger charge is 2.25. The topological polar surface area (TPSA) is 21.3 Å². The first-order valence-corrected chi connectivity index (χ1v) is 5.32. The van der Waals surface area contributed by atoms with Crippen molar-refractivity contribution in [2.24, 2.45) is 0 Å². The molecular formula is C11H14ClNO. The molecule has 2 unspecified atom stereocenters. The number of para-hydroxylation sites is 1. The third-order valence-corrected chi connectivity index (χ3v) is 2.88. The van der Waals surface area contributed by atoms with E-state index in [2.05, 4.69) is 19.2 Å². The molecule has 0 radical (unpaired) electrons. The van der Waals surface area contributed by atoms with Gasteiger partial charge in [-0.2, -0.15) is 0 Å². The largest absolute Gasteiger partial charge is 0.485 e. The second-order valence-corrected chi connectivity index (χ2v) is 4.02. The molecule has 1 N–H and O–H groups in total. The number of benzene rings is 1. The normalized spacial score (nSPS) is 24.8. The Labute approximate surface area is 89.2 Å². The van der Waals surface area contributed by atoms with Crippen LogP contribution >= 0.6 is 11.6 Å². The van der Waals surface area contributed by atoms with Gasteiger partial charge in [0, 0.05) is 0 Å². The van der Waals surface area contributed by atoms with Crippen molar-refractivity contribution in [1.29, 1.82) is 0 Å². The van der Waals surface area contributed by atoms with Gasteiger partial charge in [-0.05, 0) is 25.5 Å². The molecule has 1 aliphatic heterocycles. The van der Waals surface area contributed by atoms with Gasteiger partial charge in [0.1, 0.15) is 6.10 Å². The van der Waals surface area contributed by atoms with Crippen molar-refractivity contribution in [2.45, 2.75) is 32.4 Å². The minimum absolute atomic E-state index is 0.211. The molecule has 0 bridgehead atoms. The molecule has 2 atom stereocenters. The fraction of sp³-hybridized carbons (Fsp3) is 0.455. The van der Waals surface area contributed by atoms with E-state index in [0.717, 1.165) is 17.9 Å². The zero-order chi connectivity index (χ0) is 10.1. The molecule has 14 heavy (non-hydrogen) atoms. The standard InChI is InChI=1S/C11H14ClNO/c1-3-10-7(2)13-9-6-4-5-8(12)11(9)14-10/h4-7,10,13H,3H2,1-2H3. The average molecular weight is 212 g/mol. The van der Waals surface area contributed by atoms with Crippen molar-refractivity contribution >= 4 is 17.3 Å². The summed E-state index contributed by atoms with van der Waals surface area (Å²) in [5.41, 5.74) is 0.995. The van der Waals surface area contributed by atoms with E-state index in [1.54, 1.807) is 0 Å². The zero-order valence-electron chi connectivity index (χ0n) is 8.38. The highest BCUT2D eigenvalue weighted by atomic mass is 35.5. The fourth-order valence-electron chi connectivity index (χ4n) is 1.77. The number of hydrogen-bond acceptors (Lipinski definition) is 2. The van der Waals surface area contributed by atoms with E-state index >= 15 is 0 Å². The van der Waals surface area contributed by atoms with Crippen LogP contribution < -0.4 is 10.1 Å². The molecule has 1 aromatic carbocycles. The molecule has 76 valence electrons. The van der Waals surface area contributed by atoms with Crippen LogP contribution in [0, 0.1) is 0 Å². The maximum atomic E-state index is 6.05. The highest BCUT2D eigenvalue weighted by Crippen LogP contribution is 2.37. The number of halogens is 1. The van der Waals surface area contributed by atoms with Gasteiger partial charge in [-0.15, -0.1) is 0 Å². The maximum absolute atomic E-state index is 6.05. The van der Waals surface area contributed by atoms with Gasteiger partial charge in [-0.3, -0.25) is 0 Å². The Morgan fingerprint density at radius 2 is 2.29 bits per heavy atom. The molecule has 0 amide bonds. The molecule has 0 aromatic heterocycles. The second-order valence-electron chi connectivity index (χ2n) is 3.61. The third kappa shape index (κ3) is 1.55. The molecule has 2 rings (SSSR count). The van der Waals surface area contributed by atoms with Crippen molar-refractivity contribution in [1.82, 2.24) is 0 Å². The van der Waals surface area contributed by atoms with Crippen LogP contribution in [0.15, 0.2) is 18.2 Å². The average Bonchev–Trinajstić information content (AvgIpc) is 2.17. The van der Waals surface area contributed by atoms with Gasteiger partial charge in [0.25, 0.3) is 0 Å². The van der Waals surface area contributed by atoms with Crippen LogP contribution in [0.5, 0.6) is 5.75 Å². The summed E-state index contributed by atoms with van der Waals surface area (Å²) >= 11 is 6.05. The van der Waals surface area contributed by atoms with Crippen molar-refractivity contribution in [3.63, 3.8) is 0 Å². The van der Waals surface area contributed by atoms with Crippen LogP contribution in [0.4, 0.5) is 5.69 Å². The summed E-state index contributed by atoms with van der Waals surface area (Å²) in [4.78, 5) is 0. The van der Waals surface area contributed by atoms with Gasteiger partial charge in [0.2, 0.25) is 0 Å². The van der Waals surface area contributed by atoms with E-state index in [0.29, 0.717) is 11.1 Å². The molecule has 1 aromatic rings. The van der Waals surface area contributed by atoms with Gasteiger partial charge in [-0.1, -0.05) is 24.6 Å². The van der Waals surface area contributed by atoms with Crippen molar-refractivity contribution in [2.75, 3.05) is 5.32 Å². The quantitative estimate of drug-likeness (QED) is 0.770. The smallest absolute Gasteiger partial charge is 0.161 e. The van der Waals surface area contributed by atoms with Crippen LogP contribution in [0.25, 0.3) is 0 Å². The molecule has 1 aliphatic rings. The fourth-order valence-corrected chi connectivity index (χ4v) is 1.99. The van der Waals surface area contributed by atoms with Gasteiger partial charge in [-0.25, -0.2) is 0 Å². The number of anilines is 1. The number of nitrogens with one attached hydrogen (secondary N) is 1. The van der Waals surface area contributed by atoms with Gasteiger partial charge in [0.15, 0.2) is 5.75 Å². The third-order valence-electron chi connectivity index (χ3n) is 2.58. The van der Waals surface area contributed by atoms with Crippen LogP contribution in [0.3, 0.4) is 0 Å². The first kappa shape index (κ1) is 9.66. The van der Waals surface area contributed by atoms with Gasteiger partial charge in [0.05, 0.1) is 16.8 Å². The Morgan fingerprint density at radius 1 is 1.50 bits per heavy atom. The van der Waals surface area contributed by atoms with Crippen LogP contribution in [-0.2, 0) is 0 Å². The van der Waals surface area contributed by atoms with Gasteiger partial charge < -0.3 is 10.1 Å². The Kier molecular flexibility index (Phi) is 2.55. The van der Waals surface area contributed by atoms with E-state index in [9.17, 15) is 0 Å². The minimum atomic E-state index is 0.211. The SMILES string of the molecule is CCC1Oc2c(Cl)cccc2NC1C. The zero-order valence-corrected chi connectivity index (χ0v) is 9.14. The van der Waals surface area contributed by atoms with Crippen LogP contribution in [-0.4, -0.2) is 12.1 Å². The molecular weight excluding hydrogens is 198 g/mol. The Balaban J connectivity index is 2.36.